The molecule has 32 heavy (non-hydrogen) atoms. The zero-order chi connectivity index (χ0) is 22.9. The number of aromatic amines is 1. The monoisotopic (exact) mass is 460 g/mol. The zero-order valence-electron chi connectivity index (χ0n) is 16.8. The van der Waals surface area contributed by atoms with Crippen LogP contribution < -0.4 is 15.2 Å². The van der Waals surface area contributed by atoms with Crippen molar-refractivity contribution in [2.45, 2.75) is 18.2 Å². The first-order valence-electron chi connectivity index (χ1n) is 9.51. The number of nitrogens with zero attached hydrogens (tertiary/aromatic N) is 3. The molecule has 0 radical (unpaired) electrons. The number of benzene rings is 2. The van der Waals surface area contributed by atoms with Gasteiger partial charge in [-0.05, 0) is 48.9 Å². The van der Waals surface area contributed by atoms with Crippen molar-refractivity contribution in [2.75, 3.05) is 17.1 Å². The first-order chi connectivity index (χ1) is 15.3. The zero-order valence-corrected chi connectivity index (χ0v) is 17.6. The molecular formula is C20H18F2N6O3S. The van der Waals surface area contributed by atoms with Crippen molar-refractivity contribution < 1.29 is 21.9 Å². The molecule has 0 aliphatic rings. The Kier molecular flexibility index (Phi) is 5.61. The number of aromatic nitrogens is 4. The SMILES string of the molecule is CCCOc1nc(-c2ccc(NS(=O)(=O)c3cc(F)ccc3F)cc2)nc2[nH]nc(N)c12. The number of nitrogen functional groups attached to an aromatic ring is 1. The number of halogens is 2. The fourth-order valence-corrected chi connectivity index (χ4v) is 4.08. The average Bonchev–Trinajstić information content (AvgIpc) is 3.15. The molecule has 9 nitrogen and oxygen atoms in total. The summed E-state index contributed by atoms with van der Waals surface area (Å²) in [6.07, 6.45) is 0.763. The predicted molar refractivity (Wildman–Crippen MR) is 114 cm³/mol. The van der Waals surface area contributed by atoms with Gasteiger partial charge >= 0.3 is 0 Å². The van der Waals surface area contributed by atoms with Gasteiger partial charge in [0.25, 0.3) is 10.0 Å². The highest BCUT2D eigenvalue weighted by molar-refractivity contribution is 7.92. The van der Waals surface area contributed by atoms with Crippen molar-refractivity contribution in [3.05, 3.63) is 54.1 Å². The van der Waals surface area contributed by atoms with Crippen LogP contribution in [0.3, 0.4) is 0 Å². The molecular weight excluding hydrogens is 442 g/mol. The highest BCUT2D eigenvalue weighted by Crippen LogP contribution is 2.30. The van der Waals surface area contributed by atoms with Crippen LogP contribution in [0.2, 0.25) is 0 Å². The van der Waals surface area contributed by atoms with Gasteiger partial charge in [-0.25, -0.2) is 22.2 Å². The Morgan fingerprint density at radius 3 is 2.59 bits per heavy atom. The van der Waals surface area contributed by atoms with Crippen LogP contribution in [0.25, 0.3) is 22.4 Å². The van der Waals surface area contributed by atoms with Gasteiger partial charge in [0.1, 0.15) is 21.9 Å². The Morgan fingerprint density at radius 2 is 1.88 bits per heavy atom. The highest BCUT2D eigenvalue weighted by Gasteiger charge is 2.20. The maximum absolute atomic E-state index is 13.9. The molecule has 0 saturated carbocycles. The van der Waals surface area contributed by atoms with E-state index >= 15 is 0 Å². The molecule has 12 heteroatoms. The maximum Gasteiger partial charge on any atom is 0.264 e. The number of nitrogens with one attached hydrogen (secondary N) is 2. The van der Waals surface area contributed by atoms with Gasteiger partial charge < -0.3 is 10.5 Å². The van der Waals surface area contributed by atoms with Crippen LogP contribution in [0.5, 0.6) is 5.88 Å². The summed E-state index contributed by atoms with van der Waals surface area (Å²) in [4.78, 5) is 8.01. The molecule has 0 bridgehead atoms. The molecule has 4 rings (SSSR count). The molecule has 166 valence electrons. The Morgan fingerprint density at radius 1 is 1.12 bits per heavy atom. The molecule has 4 N–H and O–H groups in total. The van der Waals surface area contributed by atoms with E-state index in [1.54, 1.807) is 12.1 Å². The van der Waals surface area contributed by atoms with E-state index in [4.69, 9.17) is 10.5 Å². The lowest BCUT2D eigenvalue weighted by Crippen LogP contribution is -2.14. The molecule has 0 saturated heterocycles. The van der Waals surface area contributed by atoms with Gasteiger partial charge in [-0.15, -0.1) is 0 Å². The van der Waals surface area contributed by atoms with Crippen molar-refractivity contribution in [1.82, 2.24) is 20.2 Å². The number of ether oxygens (including phenoxy) is 1. The molecule has 0 fully saturated rings. The topological polar surface area (TPSA) is 136 Å². The normalized spacial score (nSPS) is 11.6. The summed E-state index contributed by atoms with van der Waals surface area (Å²) in [5.41, 5.74) is 6.96. The molecule has 0 amide bonds. The molecule has 2 aromatic heterocycles. The van der Waals surface area contributed by atoms with Gasteiger partial charge in [-0.1, -0.05) is 6.92 Å². The molecule has 0 unspecified atom stereocenters. The molecule has 0 aliphatic carbocycles. The van der Waals surface area contributed by atoms with Crippen molar-refractivity contribution in [2.24, 2.45) is 0 Å². The minimum absolute atomic E-state index is 0.145. The van der Waals surface area contributed by atoms with Gasteiger partial charge in [-0.3, -0.25) is 9.82 Å². The Bertz CT molecular complexity index is 1390. The van der Waals surface area contributed by atoms with E-state index in [-0.39, 0.29) is 17.4 Å². The van der Waals surface area contributed by atoms with Gasteiger partial charge in [0, 0.05) is 11.3 Å². The molecule has 4 aromatic rings. The largest absolute Gasteiger partial charge is 0.477 e. The summed E-state index contributed by atoms with van der Waals surface area (Å²) in [6.45, 7) is 2.38. The van der Waals surface area contributed by atoms with E-state index in [0.29, 0.717) is 35.1 Å². The van der Waals surface area contributed by atoms with Gasteiger partial charge in [0.05, 0.1) is 6.61 Å². The highest BCUT2D eigenvalue weighted by atomic mass is 32.2. The van der Waals surface area contributed by atoms with Crippen molar-refractivity contribution in [1.29, 1.82) is 0 Å². The van der Waals surface area contributed by atoms with E-state index < -0.39 is 26.6 Å². The minimum atomic E-state index is -4.33. The third-order valence-electron chi connectivity index (χ3n) is 4.44. The second-order valence-corrected chi connectivity index (χ2v) is 8.44. The van der Waals surface area contributed by atoms with Gasteiger partial charge in [0.15, 0.2) is 17.3 Å². The molecule has 2 heterocycles. The van der Waals surface area contributed by atoms with E-state index in [9.17, 15) is 17.2 Å². The van der Waals surface area contributed by atoms with Crippen LogP contribution in [-0.2, 0) is 10.0 Å². The van der Waals surface area contributed by atoms with Gasteiger partial charge in [0.2, 0.25) is 5.88 Å². The average molecular weight is 460 g/mol. The predicted octanol–water partition coefficient (Wildman–Crippen LogP) is 3.47. The minimum Gasteiger partial charge on any atom is -0.477 e. The van der Waals surface area contributed by atoms with Crippen LogP contribution >= 0.6 is 0 Å². The number of nitrogens with two attached hydrogens (primary N) is 1. The third-order valence-corrected chi connectivity index (χ3v) is 5.83. The van der Waals surface area contributed by atoms with Crippen LogP contribution in [0.1, 0.15) is 13.3 Å². The summed E-state index contributed by atoms with van der Waals surface area (Å²) in [6, 6.07) is 8.25. The van der Waals surface area contributed by atoms with Crippen molar-refractivity contribution in [3.8, 4) is 17.3 Å². The Hall–Kier alpha value is -3.80. The molecule has 0 aliphatic heterocycles. The van der Waals surface area contributed by atoms with Crippen LogP contribution in [0.4, 0.5) is 20.3 Å². The fourth-order valence-electron chi connectivity index (χ4n) is 2.93. The van der Waals surface area contributed by atoms with Crippen LogP contribution in [0, 0.1) is 11.6 Å². The third kappa shape index (κ3) is 4.17. The summed E-state index contributed by atoms with van der Waals surface area (Å²) >= 11 is 0. The number of hydrogen-bond acceptors (Lipinski definition) is 7. The van der Waals surface area contributed by atoms with Crippen molar-refractivity contribution >= 4 is 32.6 Å². The second-order valence-electron chi connectivity index (χ2n) is 6.79. The molecule has 2 aromatic carbocycles. The van der Waals surface area contributed by atoms with E-state index in [2.05, 4.69) is 24.9 Å². The summed E-state index contributed by atoms with van der Waals surface area (Å²) in [7, 11) is -4.33. The smallest absolute Gasteiger partial charge is 0.264 e. The fraction of sp³-hybridized carbons (Fsp3) is 0.150. The number of fused-ring (bicyclic) bond motifs is 1. The molecule has 0 spiro atoms. The van der Waals surface area contributed by atoms with Gasteiger partial charge in [-0.2, -0.15) is 10.1 Å². The second kappa shape index (κ2) is 8.38. The lowest BCUT2D eigenvalue weighted by Gasteiger charge is -2.10. The van der Waals surface area contributed by atoms with E-state index in [1.165, 1.54) is 12.1 Å². The number of sulfonamides is 1. The maximum atomic E-state index is 13.9. The Balaban J connectivity index is 1.64. The lowest BCUT2D eigenvalue weighted by molar-refractivity contribution is 0.309. The van der Waals surface area contributed by atoms with Crippen molar-refractivity contribution in [3.63, 3.8) is 0 Å². The number of hydrogen-bond donors (Lipinski definition) is 3. The first kappa shape index (κ1) is 21.4. The standard InChI is InChI=1S/C20H18F2N6O3S/c1-2-9-31-20-16-17(23)26-27-19(16)24-18(25-20)11-3-6-13(7-4-11)28-32(29,30)15-10-12(21)5-8-14(15)22/h3-8,10,28H,2,9H2,1H3,(H3,23,24,25,26,27). The van der Waals surface area contributed by atoms with Crippen LogP contribution in [0.15, 0.2) is 47.4 Å². The Labute approximate surface area is 181 Å². The number of anilines is 2. The first-order valence-corrected chi connectivity index (χ1v) is 11.0. The van der Waals surface area contributed by atoms with Crippen LogP contribution in [-0.4, -0.2) is 35.2 Å². The van der Waals surface area contributed by atoms with E-state index in [1.807, 2.05) is 6.92 Å². The number of H-pyrrole nitrogens is 1. The molecule has 0 atom stereocenters. The van der Waals surface area contributed by atoms with E-state index in [0.717, 1.165) is 18.6 Å². The number of rotatable bonds is 7. The lowest BCUT2D eigenvalue weighted by atomic mass is 10.2. The summed E-state index contributed by atoms with van der Waals surface area (Å²) in [5.74, 6) is -1.12. The summed E-state index contributed by atoms with van der Waals surface area (Å²) < 4.78 is 60.0. The summed E-state index contributed by atoms with van der Waals surface area (Å²) in [5, 5.41) is 7.13. The quantitative estimate of drug-likeness (QED) is 0.384.